The van der Waals surface area contributed by atoms with Gasteiger partial charge in [-0.1, -0.05) is 25.9 Å². The van der Waals surface area contributed by atoms with E-state index in [1.54, 1.807) is 0 Å². The molecular formula is C8H14N4O2. The number of carbonyl (C=O) groups is 1. The number of rotatable bonds is 2. The van der Waals surface area contributed by atoms with Gasteiger partial charge in [0, 0.05) is 0 Å². The van der Waals surface area contributed by atoms with Gasteiger partial charge in [0.1, 0.15) is 0 Å². The summed E-state index contributed by atoms with van der Waals surface area (Å²) in [5, 5.41) is 3.41. The Morgan fingerprint density at radius 3 is 2.43 bits per heavy atom. The lowest BCUT2D eigenvalue weighted by Gasteiger charge is -2.23. The summed E-state index contributed by atoms with van der Waals surface area (Å²) in [6, 6.07) is -0.414. The molecule has 0 aliphatic heterocycles. The minimum Gasteiger partial charge on any atom is -0.363 e. The Morgan fingerprint density at radius 2 is 2.07 bits per heavy atom. The lowest BCUT2D eigenvalue weighted by Crippen LogP contribution is -2.26. The summed E-state index contributed by atoms with van der Waals surface area (Å²) in [6.45, 7) is 5.81. The summed E-state index contributed by atoms with van der Waals surface area (Å²) in [5.74, 6) is -0.632. The summed E-state index contributed by atoms with van der Waals surface area (Å²) in [5.41, 5.74) is 10.6. The fraction of sp³-hybridized carbons (Fsp3) is 0.625. The number of primary amides is 1. The summed E-state index contributed by atoms with van der Waals surface area (Å²) in [4.78, 5) is 14.5. The minimum absolute atomic E-state index is 0.139. The van der Waals surface area contributed by atoms with E-state index in [1.165, 1.54) is 0 Å². The van der Waals surface area contributed by atoms with Gasteiger partial charge in [0.25, 0.3) is 11.7 Å². The van der Waals surface area contributed by atoms with Crippen molar-refractivity contribution in [2.75, 3.05) is 0 Å². The molecule has 1 aromatic rings. The van der Waals surface area contributed by atoms with E-state index in [1.807, 2.05) is 20.8 Å². The maximum Gasteiger partial charge on any atom is 0.290 e. The smallest absolute Gasteiger partial charge is 0.290 e. The van der Waals surface area contributed by atoms with E-state index in [-0.39, 0.29) is 17.1 Å². The second-order valence-electron chi connectivity index (χ2n) is 4.16. The normalized spacial score (nSPS) is 14.0. The van der Waals surface area contributed by atoms with Gasteiger partial charge in [-0.05, 0) is 5.41 Å². The molecule has 0 radical (unpaired) electrons. The van der Waals surface area contributed by atoms with Gasteiger partial charge < -0.3 is 16.0 Å². The molecule has 6 nitrogen and oxygen atoms in total. The molecule has 0 saturated heterocycles. The standard InChI is InChI=1S/C8H14N4O2/c1-8(2,3)4(9)7-11-6(5(10)13)12-14-7/h4H,9H2,1-3H3,(H2,10,13)/t4-/m1/s1. The maximum atomic E-state index is 10.7. The fourth-order valence-electron chi connectivity index (χ4n) is 0.832. The van der Waals surface area contributed by atoms with Gasteiger partial charge in [-0.25, -0.2) is 0 Å². The molecule has 0 bridgehead atoms. The molecule has 0 spiro atoms. The average molecular weight is 198 g/mol. The van der Waals surface area contributed by atoms with Gasteiger partial charge in [0.2, 0.25) is 5.89 Å². The summed E-state index contributed by atoms with van der Waals surface area (Å²) >= 11 is 0. The van der Waals surface area contributed by atoms with Crippen LogP contribution >= 0.6 is 0 Å². The highest BCUT2D eigenvalue weighted by atomic mass is 16.5. The predicted octanol–water partition coefficient (Wildman–Crippen LogP) is 0.214. The third-order valence-electron chi connectivity index (χ3n) is 1.86. The molecular weight excluding hydrogens is 184 g/mol. The van der Waals surface area contributed by atoms with E-state index < -0.39 is 11.9 Å². The number of carbonyl (C=O) groups excluding carboxylic acids is 1. The van der Waals surface area contributed by atoms with Crippen LogP contribution in [0.25, 0.3) is 0 Å². The summed E-state index contributed by atoms with van der Waals surface area (Å²) in [6.07, 6.45) is 0. The monoisotopic (exact) mass is 198 g/mol. The Balaban J connectivity index is 2.92. The molecule has 78 valence electrons. The number of aromatic nitrogens is 2. The van der Waals surface area contributed by atoms with Crippen LogP contribution < -0.4 is 11.5 Å². The Labute approximate surface area is 81.6 Å². The molecule has 1 rings (SSSR count). The van der Waals surface area contributed by atoms with Gasteiger partial charge >= 0.3 is 0 Å². The molecule has 1 atom stereocenters. The second-order valence-corrected chi connectivity index (χ2v) is 4.16. The SMILES string of the molecule is CC(C)(C)[C@H](N)c1nc(C(N)=O)no1. The van der Waals surface area contributed by atoms with Gasteiger partial charge in [0.05, 0.1) is 6.04 Å². The van der Waals surface area contributed by atoms with Crippen molar-refractivity contribution >= 4 is 5.91 Å². The van der Waals surface area contributed by atoms with Crippen LogP contribution in [0.3, 0.4) is 0 Å². The van der Waals surface area contributed by atoms with E-state index in [9.17, 15) is 4.79 Å². The number of hydrogen-bond acceptors (Lipinski definition) is 5. The molecule has 0 unspecified atom stereocenters. The van der Waals surface area contributed by atoms with Gasteiger partial charge in [-0.15, -0.1) is 0 Å². The number of hydrogen-bond donors (Lipinski definition) is 2. The number of amides is 1. The molecule has 1 aromatic heterocycles. The average Bonchev–Trinajstić information content (AvgIpc) is 2.48. The highest BCUT2D eigenvalue weighted by Gasteiger charge is 2.28. The quantitative estimate of drug-likeness (QED) is 0.706. The largest absolute Gasteiger partial charge is 0.363 e. The van der Waals surface area contributed by atoms with E-state index in [0.29, 0.717) is 0 Å². The third kappa shape index (κ3) is 2.08. The highest BCUT2D eigenvalue weighted by Crippen LogP contribution is 2.28. The first-order chi connectivity index (χ1) is 6.32. The Bertz CT molecular complexity index is 339. The van der Waals surface area contributed by atoms with Gasteiger partial charge in [0.15, 0.2) is 0 Å². The summed E-state index contributed by atoms with van der Waals surface area (Å²) in [7, 11) is 0. The van der Waals surface area contributed by atoms with E-state index in [4.69, 9.17) is 16.0 Å². The van der Waals surface area contributed by atoms with E-state index in [2.05, 4.69) is 10.1 Å². The topological polar surface area (TPSA) is 108 Å². The van der Waals surface area contributed by atoms with Crippen LogP contribution in [0.1, 0.15) is 43.3 Å². The zero-order chi connectivity index (χ0) is 10.9. The first kappa shape index (κ1) is 10.6. The zero-order valence-electron chi connectivity index (χ0n) is 8.44. The Morgan fingerprint density at radius 1 is 1.50 bits per heavy atom. The second kappa shape index (κ2) is 3.38. The molecule has 1 amide bonds. The van der Waals surface area contributed by atoms with Crippen LogP contribution in [-0.2, 0) is 0 Å². The molecule has 14 heavy (non-hydrogen) atoms. The van der Waals surface area contributed by atoms with E-state index in [0.717, 1.165) is 0 Å². The Hall–Kier alpha value is -1.43. The fourth-order valence-corrected chi connectivity index (χ4v) is 0.832. The van der Waals surface area contributed by atoms with Crippen LogP contribution in [-0.4, -0.2) is 16.0 Å². The molecule has 0 aliphatic carbocycles. The molecule has 4 N–H and O–H groups in total. The lowest BCUT2D eigenvalue weighted by atomic mass is 9.87. The van der Waals surface area contributed by atoms with E-state index >= 15 is 0 Å². The first-order valence-electron chi connectivity index (χ1n) is 4.21. The molecule has 0 saturated carbocycles. The van der Waals surface area contributed by atoms with Crippen molar-refractivity contribution in [2.45, 2.75) is 26.8 Å². The van der Waals surface area contributed by atoms with Gasteiger partial charge in [-0.3, -0.25) is 4.79 Å². The Kier molecular flexibility index (Phi) is 2.57. The minimum atomic E-state index is -0.721. The van der Waals surface area contributed by atoms with Crippen molar-refractivity contribution in [1.82, 2.24) is 10.1 Å². The highest BCUT2D eigenvalue weighted by molar-refractivity contribution is 5.88. The number of nitrogens with two attached hydrogens (primary N) is 2. The summed E-state index contributed by atoms with van der Waals surface area (Å²) < 4.78 is 4.83. The van der Waals surface area contributed by atoms with Crippen LogP contribution in [0.5, 0.6) is 0 Å². The van der Waals surface area contributed by atoms with Crippen molar-refractivity contribution in [3.63, 3.8) is 0 Å². The van der Waals surface area contributed by atoms with Crippen molar-refractivity contribution in [1.29, 1.82) is 0 Å². The zero-order valence-corrected chi connectivity index (χ0v) is 8.44. The maximum absolute atomic E-state index is 10.7. The molecule has 0 fully saturated rings. The number of nitrogens with zero attached hydrogens (tertiary/aromatic N) is 2. The van der Waals surface area contributed by atoms with Crippen molar-refractivity contribution in [2.24, 2.45) is 16.9 Å². The van der Waals surface area contributed by atoms with Crippen LogP contribution in [0.4, 0.5) is 0 Å². The first-order valence-corrected chi connectivity index (χ1v) is 4.21. The van der Waals surface area contributed by atoms with Crippen LogP contribution in [0, 0.1) is 5.41 Å². The van der Waals surface area contributed by atoms with Crippen molar-refractivity contribution in [3.8, 4) is 0 Å². The molecule has 0 aliphatic rings. The molecule has 0 aromatic carbocycles. The van der Waals surface area contributed by atoms with Crippen LogP contribution in [0.15, 0.2) is 4.52 Å². The van der Waals surface area contributed by atoms with Crippen LogP contribution in [0.2, 0.25) is 0 Å². The third-order valence-corrected chi connectivity index (χ3v) is 1.86. The van der Waals surface area contributed by atoms with Gasteiger partial charge in [-0.2, -0.15) is 4.98 Å². The predicted molar refractivity (Wildman–Crippen MR) is 49.2 cm³/mol. The van der Waals surface area contributed by atoms with Crippen molar-refractivity contribution < 1.29 is 9.32 Å². The molecule has 6 heteroatoms. The van der Waals surface area contributed by atoms with Crippen molar-refractivity contribution in [3.05, 3.63) is 11.7 Å². The lowest BCUT2D eigenvalue weighted by molar-refractivity contribution is 0.0987. The molecule has 1 heterocycles.